The molecule has 0 atom stereocenters. The summed E-state index contributed by atoms with van der Waals surface area (Å²) in [4.78, 5) is 0. The van der Waals surface area contributed by atoms with E-state index >= 15 is 0 Å². The summed E-state index contributed by atoms with van der Waals surface area (Å²) < 4.78 is 35.6. The zero-order valence-corrected chi connectivity index (χ0v) is 9.77. The topological polar surface area (TPSA) is 0 Å². The van der Waals surface area contributed by atoms with Crippen LogP contribution in [0.3, 0.4) is 0 Å². The highest BCUT2D eigenvalue weighted by Crippen LogP contribution is 2.13. The molecule has 0 amide bonds. The van der Waals surface area contributed by atoms with Crippen LogP contribution in [0.25, 0.3) is 0 Å². The van der Waals surface area contributed by atoms with Gasteiger partial charge in [0.1, 0.15) is 0 Å². The molecule has 0 heterocycles. The van der Waals surface area contributed by atoms with Crippen LogP contribution in [0.15, 0.2) is 24.3 Å². The lowest BCUT2D eigenvalue weighted by Gasteiger charge is -2.00. The van der Waals surface area contributed by atoms with Crippen molar-refractivity contribution in [1.29, 1.82) is 0 Å². The van der Waals surface area contributed by atoms with Crippen LogP contribution in [0, 0.1) is 11.8 Å². The molecule has 92 valence electrons. The Hall–Kier alpha value is -1.43. The molecule has 0 bridgehead atoms. The first-order chi connectivity index (χ1) is 8.01. The molecule has 1 aromatic carbocycles. The predicted molar refractivity (Wildman–Crippen MR) is 62.6 cm³/mol. The molecule has 1 aromatic rings. The van der Waals surface area contributed by atoms with Crippen molar-refractivity contribution in [3.8, 4) is 11.8 Å². The van der Waals surface area contributed by atoms with E-state index in [2.05, 4.69) is 12.8 Å². The van der Waals surface area contributed by atoms with E-state index in [0.717, 1.165) is 24.8 Å². The maximum atomic E-state index is 11.9. The summed E-state index contributed by atoms with van der Waals surface area (Å²) in [5, 5.41) is 0. The average molecular weight is 240 g/mol. The summed E-state index contributed by atoms with van der Waals surface area (Å²) in [6, 6.07) is 6.96. The van der Waals surface area contributed by atoms with Crippen LogP contribution in [0.5, 0.6) is 0 Å². The molecule has 0 fully saturated rings. The van der Waals surface area contributed by atoms with Crippen LogP contribution in [0.1, 0.15) is 37.3 Å². The van der Waals surface area contributed by atoms with Gasteiger partial charge in [0.05, 0.1) is 0 Å². The van der Waals surface area contributed by atoms with E-state index in [1.54, 1.807) is 12.1 Å². The third-order valence-electron chi connectivity index (χ3n) is 2.37. The van der Waals surface area contributed by atoms with Gasteiger partial charge in [-0.15, -0.1) is 0 Å². The smallest absolute Gasteiger partial charge is 0.159 e. The van der Waals surface area contributed by atoms with Crippen LogP contribution >= 0.6 is 0 Å². The fourth-order valence-electron chi connectivity index (χ4n) is 1.48. The molecule has 1 rings (SSSR count). The summed E-state index contributed by atoms with van der Waals surface area (Å²) in [7, 11) is 0. The Morgan fingerprint density at radius 3 is 2.24 bits per heavy atom. The van der Waals surface area contributed by atoms with Crippen LogP contribution in [-0.2, 0) is 6.42 Å². The molecule has 0 aliphatic heterocycles. The Balaban J connectivity index is 2.58. The lowest BCUT2D eigenvalue weighted by atomic mass is 10.1. The molecule has 0 aliphatic carbocycles. The maximum absolute atomic E-state index is 11.9. The summed E-state index contributed by atoms with van der Waals surface area (Å²) in [5.41, 5.74) is 1.55. The SMILES string of the molecule is CCCCCc1ccc(C#CC(F)(F)F)cc1. The van der Waals surface area contributed by atoms with Crippen LogP contribution in [0.2, 0.25) is 0 Å². The van der Waals surface area contributed by atoms with Gasteiger partial charge >= 0.3 is 6.18 Å². The number of unbranched alkanes of at least 4 members (excludes halogenated alkanes) is 2. The minimum absolute atomic E-state index is 0.404. The second-order valence-electron chi connectivity index (χ2n) is 3.90. The van der Waals surface area contributed by atoms with Crippen molar-refractivity contribution in [2.24, 2.45) is 0 Å². The van der Waals surface area contributed by atoms with Crippen molar-refractivity contribution < 1.29 is 13.2 Å². The number of halogens is 3. The number of hydrogen-bond acceptors (Lipinski definition) is 0. The highest BCUT2D eigenvalue weighted by Gasteiger charge is 2.22. The fourth-order valence-corrected chi connectivity index (χ4v) is 1.48. The van der Waals surface area contributed by atoms with Gasteiger partial charge in [-0.2, -0.15) is 13.2 Å². The van der Waals surface area contributed by atoms with Crippen molar-refractivity contribution in [1.82, 2.24) is 0 Å². The summed E-state index contributed by atoms with van der Waals surface area (Å²) in [6.07, 6.45) is 0.00939. The van der Waals surface area contributed by atoms with Crippen LogP contribution in [-0.4, -0.2) is 6.18 Å². The first-order valence-corrected chi connectivity index (χ1v) is 5.70. The molecule has 3 heteroatoms. The Labute approximate surface area is 99.8 Å². The molecule has 0 saturated carbocycles. The number of rotatable bonds is 4. The Morgan fingerprint density at radius 2 is 1.71 bits per heavy atom. The second kappa shape index (κ2) is 6.34. The normalized spacial score (nSPS) is 10.8. The van der Waals surface area contributed by atoms with E-state index in [0.29, 0.717) is 5.56 Å². The predicted octanol–water partition coefficient (Wildman–Crippen LogP) is 4.33. The van der Waals surface area contributed by atoms with Gasteiger partial charge in [0.2, 0.25) is 0 Å². The van der Waals surface area contributed by atoms with Crippen molar-refractivity contribution in [2.75, 3.05) is 0 Å². The zero-order valence-electron chi connectivity index (χ0n) is 9.77. The van der Waals surface area contributed by atoms with Gasteiger partial charge in [-0.1, -0.05) is 37.8 Å². The number of alkyl halides is 3. The summed E-state index contributed by atoms with van der Waals surface area (Å²) >= 11 is 0. The van der Waals surface area contributed by atoms with E-state index < -0.39 is 6.18 Å². The number of hydrogen-bond donors (Lipinski definition) is 0. The van der Waals surface area contributed by atoms with Crippen LogP contribution in [0.4, 0.5) is 13.2 Å². The van der Waals surface area contributed by atoms with E-state index in [4.69, 9.17) is 0 Å². The third kappa shape index (κ3) is 6.01. The molecule has 0 aliphatic rings. The molecule has 0 aromatic heterocycles. The van der Waals surface area contributed by atoms with Crippen molar-refractivity contribution in [3.63, 3.8) is 0 Å². The van der Waals surface area contributed by atoms with E-state index in [1.807, 2.05) is 12.1 Å². The Kier molecular flexibility index (Phi) is 5.09. The molecule has 0 nitrogen and oxygen atoms in total. The van der Waals surface area contributed by atoms with Crippen molar-refractivity contribution in [2.45, 2.75) is 38.8 Å². The molecule has 0 unspecified atom stereocenters. The van der Waals surface area contributed by atoms with E-state index in [-0.39, 0.29) is 0 Å². The van der Waals surface area contributed by atoms with Gasteiger partial charge in [0.15, 0.2) is 0 Å². The minimum Gasteiger partial charge on any atom is -0.159 e. The molecule has 0 spiro atoms. The van der Waals surface area contributed by atoms with Gasteiger partial charge in [0, 0.05) is 11.5 Å². The van der Waals surface area contributed by atoms with Gasteiger partial charge in [-0.05, 0) is 30.5 Å². The molecule has 0 N–H and O–H groups in total. The van der Waals surface area contributed by atoms with Crippen molar-refractivity contribution >= 4 is 0 Å². The first-order valence-electron chi connectivity index (χ1n) is 5.70. The zero-order chi connectivity index (χ0) is 12.7. The highest BCUT2D eigenvalue weighted by atomic mass is 19.4. The molecular formula is C14H15F3. The monoisotopic (exact) mass is 240 g/mol. The maximum Gasteiger partial charge on any atom is 0.458 e. The largest absolute Gasteiger partial charge is 0.458 e. The Bertz CT molecular complexity index is 390. The van der Waals surface area contributed by atoms with E-state index in [1.165, 1.54) is 12.3 Å². The van der Waals surface area contributed by atoms with E-state index in [9.17, 15) is 13.2 Å². The van der Waals surface area contributed by atoms with Gasteiger partial charge in [-0.3, -0.25) is 0 Å². The highest BCUT2D eigenvalue weighted by molar-refractivity contribution is 5.36. The first kappa shape index (κ1) is 13.6. The van der Waals surface area contributed by atoms with Crippen LogP contribution < -0.4 is 0 Å². The van der Waals surface area contributed by atoms with Gasteiger partial charge in [0.25, 0.3) is 0 Å². The standard InChI is InChI=1S/C14H15F3/c1-2-3-4-5-12-6-8-13(9-7-12)10-11-14(15,16)17/h6-9H,2-5H2,1H3. The van der Waals surface area contributed by atoms with Gasteiger partial charge < -0.3 is 0 Å². The summed E-state index contributed by atoms with van der Waals surface area (Å²) in [6.45, 7) is 2.13. The van der Waals surface area contributed by atoms with Gasteiger partial charge in [-0.25, -0.2) is 0 Å². The molecule has 0 radical (unpaired) electrons. The third-order valence-corrected chi connectivity index (χ3v) is 2.37. The fraction of sp³-hybridized carbons (Fsp3) is 0.429. The number of aryl methyl sites for hydroxylation is 1. The lowest BCUT2D eigenvalue weighted by molar-refractivity contribution is -0.0696. The second-order valence-corrected chi connectivity index (χ2v) is 3.90. The number of benzene rings is 1. The Morgan fingerprint density at radius 1 is 1.06 bits per heavy atom. The molecular weight excluding hydrogens is 225 g/mol. The molecule has 0 saturated heterocycles. The average Bonchev–Trinajstić information content (AvgIpc) is 2.27. The quantitative estimate of drug-likeness (QED) is 0.542. The minimum atomic E-state index is -4.42. The lowest BCUT2D eigenvalue weighted by Crippen LogP contribution is -2.01. The molecule has 17 heavy (non-hydrogen) atoms. The summed E-state index contributed by atoms with van der Waals surface area (Å²) in [5.74, 6) is 3.36. The van der Waals surface area contributed by atoms with Crippen molar-refractivity contribution in [3.05, 3.63) is 35.4 Å².